The Hall–Kier alpha value is -1.66. The fraction of sp³-hybridized carbons (Fsp3) is 0.667. The summed E-state index contributed by atoms with van der Waals surface area (Å²) >= 11 is 0. The Morgan fingerprint density at radius 2 is 2.08 bits per heavy atom. The van der Waals surface area contributed by atoms with E-state index >= 15 is 0 Å². The zero-order chi connectivity index (χ0) is 16.8. The largest absolute Gasteiger partial charge is 0.379 e. The molecule has 0 spiro atoms. The van der Waals surface area contributed by atoms with Gasteiger partial charge in [0.15, 0.2) is 0 Å². The van der Waals surface area contributed by atoms with Crippen LogP contribution in [-0.4, -0.2) is 60.0 Å². The molecule has 1 aromatic heterocycles. The van der Waals surface area contributed by atoms with Gasteiger partial charge >= 0.3 is 0 Å². The number of rotatable bonds is 6. The van der Waals surface area contributed by atoms with E-state index in [9.17, 15) is 4.79 Å². The highest BCUT2D eigenvalue weighted by Crippen LogP contribution is 2.36. The van der Waals surface area contributed by atoms with Gasteiger partial charge in [-0.15, -0.1) is 0 Å². The number of hydrogen-bond acceptors (Lipinski definition) is 4. The first-order valence-electron chi connectivity index (χ1n) is 8.97. The van der Waals surface area contributed by atoms with E-state index in [2.05, 4.69) is 21.9 Å². The first-order chi connectivity index (χ1) is 11.7. The number of morpholine rings is 1. The third-order valence-corrected chi connectivity index (χ3v) is 5.28. The summed E-state index contributed by atoms with van der Waals surface area (Å²) in [6, 6.07) is 1.73. The summed E-state index contributed by atoms with van der Waals surface area (Å²) < 4.78 is 6.98. The van der Waals surface area contributed by atoms with Crippen molar-refractivity contribution in [2.24, 2.45) is 5.41 Å². The van der Waals surface area contributed by atoms with Gasteiger partial charge in [0.1, 0.15) is 5.69 Å². The number of carbonyl (C=O) groups excluding carboxylic acids is 1. The summed E-state index contributed by atoms with van der Waals surface area (Å²) in [4.78, 5) is 15.0. The average Bonchev–Trinajstić information content (AvgIpc) is 3.10. The SMILES string of the molecule is C=Cn1nccc1C(=O)NCC1(CN2CCOCC2)CCCCC1. The lowest BCUT2D eigenvalue weighted by atomic mass is 9.73. The maximum atomic E-state index is 12.5. The summed E-state index contributed by atoms with van der Waals surface area (Å²) in [5.74, 6) is -0.0701. The molecular formula is C18H28N4O2. The highest BCUT2D eigenvalue weighted by molar-refractivity contribution is 5.93. The van der Waals surface area contributed by atoms with Gasteiger partial charge < -0.3 is 10.1 Å². The Bertz CT molecular complexity index is 557. The molecule has 1 aromatic rings. The lowest BCUT2D eigenvalue weighted by molar-refractivity contribution is 0.00726. The highest BCUT2D eigenvalue weighted by atomic mass is 16.5. The van der Waals surface area contributed by atoms with Crippen molar-refractivity contribution in [3.63, 3.8) is 0 Å². The molecule has 1 aliphatic heterocycles. The fourth-order valence-corrected chi connectivity index (χ4v) is 3.92. The molecule has 132 valence electrons. The first-order valence-corrected chi connectivity index (χ1v) is 8.97. The zero-order valence-corrected chi connectivity index (χ0v) is 14.4. The van der Waals surface area contributed by atoms with Crippen molar-refractivity contribution in [1.29, 1.82) is 0 Å². The molecule has 1 aliphatic carbocycles. The van der Waals surface area contributed by atoms with Gasteiger partial charge in [-0.2, -0.15) is 5.10 Å². The molecular weight excluding hydrogens is 304 g/mol. The van der Waals surface area contributed by atoms with E-state index in [1.54, 1.807) is 18.5 Å². The highest BCUT2D eigenvalue weighted by Gasteiger charge is 2.35. The standard InChI is InChI=1S/C18H28N4O2/c1-2-22-16(6-9-20-22)17(23)19-14-18(7-4-3-5-8-18)15-21-10-12-24-13-11-21/h2,6,9H,1,3-5,7-8,10-15H2,(H,19,23). The Balaban J connectivity index is 1.63. The van der Waals surface area contributed by atoms with Crippen LogP contribution in [0.15, 0.2) is 18.8 Å². The normalized spacial score (nSPS) is 21.3. The van der Waals surface area contributed by atoms with Crippen LogP contribution in [0.5, 0.6) is 0 Å². The number of ether oxygens (including phenoxy) is 1. The third-order valence-electron chi connectivity index (χ3n) is 5.28. The van der Waals surface area contributed by atoms with Crippen LogP contribution in [-0.2, 0) is 4.74 Å². The number of nitrogens with one attached hydrogen (secondary N) is 1. The van der Waals surface area contributed by atoms with Crippen LogP contribution in [0.1, 0.15) is 42.6 Å². The lowest BCUT2D eigenvalue weighted by Crippen LogP contribution is -2.49. The maximum Gasteiger partial charge on any atom is 0.270 e. The molecule has 0 bridgehead atoms. The van der Waals surface area contributed by atoms with Crippen molar-refractivity contribution in [3.8, 4) is 0 Å². The number of aromatic nitrogens is 2. The number of hydrogen-bond donors (Lipinski definition) is 1. The van der Waals surface area contributed by atoms with Crippen molar-refractivity contribution in [2.45, 2.75) is 32.1 Å². The predicted octanol–water partition coefficient (Wildman–Crippen LogP) is 2.00. The minimum atomic E-state index is -0.0701. The van der Waals surface area contributed by atoms with E-state index in [1.807, 2.05) is 0 Å². The van der Waals surface area contributed by atoms with E-state index in [1.165, 1.54) is 36.8 Å². The second kappa shape index (κ2) is 7.94. The van der Waals surface area contributed by atoms with Crippen LogP contribution in [0.25, 0.3) is 6.20 Å². The predicted molar refractivity (Wildman–Crippen MR) is 93.7 cm³/mol. The molecule has 6 nitrogen and oxygen atoms in total. The molecule has 0 unspecified atom stereocenters. The smallest absolute Gasteiger partial charge is 0.270 e. The quantitative estimate of drug-likeness (QED) is 0.865. The first kappa shape index (κ1) is 17.2. The molecule has 1 N–H and O–H groups in total. The molecule has 24 heavy (non-hydrogen) atoms. The molecule has 2 fully saturated rings. The molecule has 1 saturated carbocycles. The average molecular weight is 332 g/mol. The Morgan fingerprint density at radius 1 is 1.33 bits per heavy atom. The summed E-state index contributed by atoms with van der Waals surface area (Å²) in [6.45, 7) is 9.11. The second-order valence-corrected chi connectivity index (χ2v) is 6.98. The molecule has 0 radical (unpaired) electrons. The maximum absolute atomic E-state index is 12.5. The molecule has 0 atom stereocenters. The van der Waals surface area contributed by atoms with Crippen LogP contribution >= 0.6 is 0 Å². The monoisotopic (exact) mass is 332 g/mol. The third kappa shape index (κ3) is 4.05. The van der Waals surface area contributed by atoms with Crippen LogP contribution < -0.4 is 5.32 Å². The second-order valence-electron chi connectivity index (χ2n) is 6.98. The molecule has 1 saturated heterocycles. The lowest BCUT2D eigenvalue weighted by Gasteiger charge is -2.42. The van der Waals surface area contributed by atoms with Gasteiger partial charge in [-0.25, -0.2) is 4.68 Å². The minimum absolute atomic E-state index is 0.0701. The van der Waals surface area contributed by atoms with E-state index in [4.69, 9.17) is 4.74 Å². The number of amides is 1. The van der Waals surface area contributed by atoms with Crippen molar-refractivity contribution in [1.82, 2.24) is 20.0 Å². The van der Waals surface area contributed by atoms with Crippen LogP contribution in [0.4, 0.5) is 0 Å². The number of nitrogens with zero attached hydrogens (tertiary/aromatic N) is 3. The van der Waals surface area contributed by atoms with Crippen molar-refractivity contribution >= 4 is 12.1 Å². The number of carbonyl (C=O) groups is 1. The van der Waals surface area contributed by atoms with Crippen molar-refractivity contribution in [3.05, 3.63) is 24.5 Å². The van der Waals surface area contributed by atoms with Crippen LogP contribution in [0, 0.1) is 5.41 Å². The van der Waals surface area contributed by atoms with Gasteiger partial charge in [-0.1, -0.05) is 25.8 Å². The summed E-state index contributed by atoms with van der Waals surface area (Å²) in [5.41, 5.74) is 0.729. The Kier molecular flexibility index (Phi) is 5.68. The van der Waals surface area contributed by atoms with E-state index in [-0.39, 0.29) is 11.3 Å². The van der Waals surface area contributed by atoms with Crippen LogP contribution in [0.3, 0.4) is 0 Å². The van der Waals surface area contributed by atoms with Gasteiger partial charge in [0.05, 0.1) is 19.4 Å². The molecule has 2 heterocycles. The molecule has 3 rings (SSSR count). The van der Waals surface area contributed by atoms with E-state index < -0.39 is 0 Å². The topological polar surface area (TPSA) is 59.4 Å². The molecule has 6 heteroatoms. The Morgan fingerprint density at radius 3 is 2.79 bits per heavy atom. The summed E-state index contributed by atoms with van der Waals surface area (Å²) in [7, 11) is 0. The van der Waals surface area contributed by atoms with Gasteiger partial charge in [0, 0.05) is 37.8 Å². The van der Waals surface area contributed by atoms with Gasteiger partial charge in [-0.3, -0.25) is 9.69 Å². The van der Waals surface area contributed by atoms with Crippen molar-refractivity contribution < 1.29 is 9.53 Å². The van der Waals surface area contributed by atoms with E-state index in [0.717, 1.165) is 39.4 Å². The molecule has 2 aliphatic rings. The van der Waals surface area contributed by atoms with E-state index in [0.29, 0.717) is 5.69 Å². The van der Waals surface area contributed by atoms with Crippen LogP contribution in [0.2, 0.25) is 0 Å². The molecule has 0 aromatic carbocycles. The summed E-state index contributed by atoms with van der Waals surface area (Å²) in [6.07, 6.45) is 9.37. The molecule has 1 amide bonds. The van der Waals surface area contributed by atoms with Gasteiger partial charge in [0.25, 0.3) is 5.91 Å². The fourth-order valence-electron chi connectivity index (χ4n) is 3.92. The van der Waals surface area contributed by atoms with Gasteiger partial charge in [0.2, 0.25) is 0 Å². The zero-order valence-electron chi connectivity index (χ0n) is 14.4. The minimum Gasteiger partial charge on any atom is -0.379 e. The Labute approximate surface area is 143 Å². The summed E-state index contributed by atoms with van der Waals surface area (Å²) in [5, 5.41) is 7.23. The van der Waals surface area contributed by atoms with Gasteiger partial charge in [-0.05, 0) is 18.9 Å². The van der Waals surface area contributed by atoms with Crippen molar-refractivity contribution in [2.75, 3.05) is 39.4 Å².